The summed E-state index contributed by atoms with van der Waals surface area (Å²) in [5.41, 5.74) is 1.20. The molecule has 4 heteroatoms. The molecule has 0 aliphatic carbocycles. The molecule has 0 amide bonds. The summed E-state index contributed by atoms with van der Waals surface area (Å²) >= 11 is 0. The third-order valence-electron chi connectivity index (χ3n) is 3.48. The molecule has 0 radical (unpaired) electrons. The summed E-state index contributed by atoms with van der Waals surface area (Å²) in [6, 6.07) is 7.88. The van der Waals surface area contributed by atoms with Gasteiger partial charge in [0, 0.05) is 12.5 Å². The number of methoxy groups -OCH3 is 2. The van der Waals surface area contributed by atoms with Crippen LogP contribution in [0.3, 0.4) is 0 Å². The van der Waals surface area contributed by atoms with E-state index in [9.17, 15) is 4.79 Å². The van der Waals surface area contributed by atoms with Gasteiger partial charge in [0.25, 0.3) is 0 Å². The van der Waals surface area contributed by atoms with Crippen LogP contribution in [0.15, 0.2) is 24.3 Å². The molecule has 1 saturated heterocycles. The average Bonchev–Trinajstić information content (AvgIpc) is 2.46. The van der Waals surface area contributed by atoms with Crippen molar-refractivity contribution in [3.8, 4) is 5.75 Å². The largest absolute Gasteiger partial charge is 0.496 e. The van der Waals surface area contributed by atoms with E-state index in [-0.39, 0.29) is 12.0 Å². The van der Waals surface area contributed by atoms with E-state index in [1.165, 1.54) is 12.7 Å². The second-order valence-corrected chi connectivity index (χ2v) is 4.50. The second kappa shape index (κ2) is 5.87. The van der Waals surface area contributed by atoms with Gasteiger partial charge in [-0.3, -0.25) is 4.79 Å². The molecule has 0 spiro atoms. The van der Waals surface area contributed by atoms with E-state index in [0.717, 1.165) is 25.1 Å². The van der Waals surface area contributed by atoms with Crippen LogP contribution in [0.1, 0.15) is 24.3 Å². The first-order chi connectivity index (χ1) is 8.76. The smallest absolute Gasteiger partial charge is 0.322 e. The molecule has 1 aliphatic heterocycles. The molecule has 1 N–H and O–H groups in total. The Labute approximate surface area is 107 Å². The number of esters is 1. The van der Waals surface area contributed by atoms with Crippen molar-refractivity contribution in [1.29, 1.82) is 0 Å². The molecular weight excluding hydrogens is 230 g/mol. The van der Waals surface area contributed by atoms with E-state index < -0.39 is 0 Å². The van der Waals surface area contributed by atoms with Crippen molar-refractivity contribution in [2.45, 2.75) is 24.8 Å². The van der Waals surface area contributed by atoms with E-state index >= 15 is 0 Å². The minimum Gasteiger partial charge on any atom is -0.496 e. The zero-order valence-corrected chi connectivity index (χ0v) is 10.8. The molecule has 2 atom stereocenters. The number of benzene rings is 1. The van der Waals surface area contributed by atoms with E-state index in [1.807, 2.05) is 18.2 Å². The van der Waals surface area contributed by atoms with Crippen LogP contribution >= 0.6 is 0 Å². The molecule has 0 unspecified atom stereocenters. The first-order valence-electron chi connectivity index (χ1n) is 6.20. The van der Waals surface area contributed by atoms with Gasteiger partial charge in [-0.1, -0.05) is 18.2 Å². The summed E-state index contributed by atoms with van der Waals surface area (Å²) in [4.78, 5) is 11.4. The Morgan fingerprint density at radius 1 is 1.28 bits per heavy atom. The molecule has 1 aromatic carbocycles. The zero-order valence-electron chi connectivity index (χ0n) is 10.8. The maximum absolute atomic E-state index is 11.4. The molecule has 0 aromatic heterocycles. The van der Waals surface area contributed by atoms with Crippen molar-refractivity contribution in [2.75, 3.05) is 20.8 Å². The third kappa shape index (κ3) is 2.64. The van der Waals surface area contributed by atoms with Crippen LogP contribution < -0.4 is 10.1 Å². The normalized spacial score (nSPS) is 23.4. The molecule has 4 nitrogen and oxygen atoms in total. The lowest BCUT2D eigenvalue weighted by Crippen LogP contribution is -2.43. The molecule has 2 rings (SSSR count). The summed E-state index contributed by atoms with van der Waals surface area (Å²) in [6.45, 7) is 0.778. The summed E-state index contributed by atoms with van der Waals surface area (Å²) < 4.78 is 10.1. The van der Waals surface area contributed by atoms with Crippen molar-refractivity contribution in [1.82, 2.24) is 5.32 Å². The second-order valence-electron chi connectivity index (χ2n) is 4.50. The van der Waals surface area contributed by atoms with Crippen LogP contribution in [0, 0.1) is 0 Å². The predicted molar refractivity (Wildman–Crippen MR) is 68.8 cm³/mol. The summed E-state index contributed by atoms with van der Waals surface area (Å²) in [5, 5.41) is 3.24. The standard InChI is InChI=1S/C14H19NO3/c1-17-13-6-4-3-5-11(13)10-7-8-12(15-9-10)14(16)18-2/h3-6,10,12,15H,7-9H2,1-2H3/t10-,12-/m0/s1. The number of hydrogen-bond donors (Lipinski definition) is 1. The van der Waals surface area contributed by atoms with Crippen molar-refractivity contribution in [3.05, 3.63) is 29.8 Å². The van der Waals surface area contributed by atoms with Crippen LogP contribution in [0.25, 0.3) is 0 Å². The number of piperidine rings is 1. The fourth-order valence-electron chi connectivity index (χ4n) is 2.47. The van der Waals surface area contributed by atoms with E-state index in [0.29, 0.717) is 5.92 Å². The van der Waals surface area contributed by atoms with Crippen LogP contribution in [0.2, 0.25) is 0 Å². The Balaban J connectivity index is 2.03. The number of carbonyl (C=O) groups excluding carboxylic acids is 1. The van der Waals surface area contributed by atoms with Gasteiger partial charge in [-0.05, 0) is 24.5 Å². The van der Waals surface area contributed by atoms with Crippen LogP contribution in [0.5, 0.6) is 5.75 Å². The predicted octanol–water partition coefficient (Wildman–Crippen LogP) is 1.70. The highest BCUT2D eigenvalue weighted by Crippen LogP contribution is 2.31. The van der Waals surface area contributed by atoms with Crippen molar-refractivity contribution in [2.24, 2.45) is 0 Å². The molecule has 0 bridgehead atoms. The molecule has 1 aromatic rings. The Bertz CT molecular complexity index is 411. The number of hydrogen-bond acceptors (Lipinski definition) is 4. The SMILES string of the molecule is COC(=O)[C@@H]1CC[C@H](c2ccccc2OC)CN1. The average molecular weight is 249 g/mol. The molecule has 0 saturated carbocycles. The lowest BCUT2D eigenvalue weighted by Gasteiger charge is -2.29. The number of para-hydroxylation sites is 1. The van der Waals surface area contributed by atoms with Crippen molar-refractivity contribution < 1.29 is 14.3 Å². The van der Waals surface area contributed by atoms with Crippen molar-refractivity contribution >= 4 is 5.97 Å². The van der Waals surface area contributed by atoms with Gasteiger partial charge in [0.2, 0.25) is 0 Å². The monoisotopic (exact) mass is 249 g/mol. The molecule has 1 aliphatic rings. The molecular formula is C14H19NO3. The zero-order chi connectivity index (χ0) is 13.0. The highest BCUT2D eigenvalue weighted by molar-refractivity contribution is 5.75. The Hall–Kier alpha value is -1.55. The Kier molecular flexibility index (Phi) is 4.20. The highest BCUT2D eigenvalue weighted by atomic mass is 16.5. The van der Waals surface area contributed by atoms with Gasteiger partial charge in [0.1, 0.15) is 11.8 Å². The van der Waals surface area contributed by atoms with Crippen LogP contribution in [-0.4, -0.2) is 32.8 Å². The topological polar surface area (TPSA) is 47.6 Å². The van der Waals surface area contributed by atoms with Gasteiger partial charge < -0.3 is 14.8 Å². The van der Waals surface area contributed by atoms with Crippen LogP contribution in [0.4, 0.5) is 0 Å². The number of nitrogens with one attached hydrogen (secondary N) is 1. The minimum atomic E-state index is -0.173. The minimum absolute atomic E-state index is 0.166. The lowest BCUT2D eigenvalue weighted by molar-refractivity contribution is -0.143. The lowest BCUT2D eigenvalue weighted by atomic mass is 9.88. The maximum Gasteiger partial charge on any atom is 0.322 e. The Morgan fingerprint density at radius 2 is 2.06 bits per heavy atom. The Morgan fingerprint density at radius 3 is 2.67 bits per heavy atom. The summed E-state index contributed by atoms with van der Waals surface area (Å²) in [6.07, 6.45) is 1.77. The van der Waals surface area contributed by atoms with Gasteiger partial charge in [-0.15, -0.1) is 0 Å². The summed E-state index contributed by atoms with van der Waals surface area (Å²) in [7, 11) is 3.11. The summed E-state index contributed by atoms with van der Waals surface area (Å²) in [5.74, 6) is 1.14. The van der Waals surface area contributed by atoms with E-state index in [4.69, 9.17) is 9.47 Å². The van der Waals surface area contributed by atoms with Gasteiger partial charge in [0.15, 0.2) is 0 Å². The van der Waals surface area contributed by atoms with Gasteiger partial charge in [-0.2, -0.15) is 0 Å². The number of ether oxygens (including phenoxy) is 2. The molecule has 98 valence electrons. The molecule has 1 fully saturated rings. The maximum atomic E-state index is 11.4. The number of rotatable bonds is 3. The van der Waals surface area contributed by atoms with Gasteiger partial charge in [0.05, 0.1) is 14.2 Å². The number of carbonyl (C=O) groups is 1. The first kappa shape index (κ1) is 12.9. The first-order valence-corrected chi connectivity index (χ1v) is 6.20. The third-order valence-corrected chi connectivity index (χ3v) is 3.48. The molecule has 1 heterocycles. The van der Waals surface area contributed by atoms with Crippen LogP contribution in [-0.2, 0) is 9.53 Å². The van der Waals surface area contributed by atoms with Gasteiger partial charge in [-0.25, -0.2) is 0 Å². The quantitative estimate of drug-likeness (QED) is 0.828. The van der Waals surface area contributed by atoms with E-state index in [1.54, 1.807) is 7.11 Å². The highest BCUT2D eigenvalue weighted by Gasteiger charge is 2.28. The molecule has 18 heavy (non-hydrogen) atoms. The van der Waals surface area contributed by atoms with E-state index in [2.05, 4.69) is 11.4 Å². The fraction of sp³-hybridized carbons (Fsp3) is 0.500. The fourth-order valence-corrected chi connectivity index (χ4v) is 2.47. The van der Waals surface area contributed by atoms with Crippen molar-refractivity contribution in [3.63, 3.8) is 0 Å². The van der Waals surface area contributed by atoms with Gasteiger partial charge >= 0.3 is 5.97 Å².